The summed E-state index contributed by atoms with van der Waals surface area (Å²) < 4.78 is 0. The lowest BCUT2D eigenvalue weighted by Gasteiger charge is -2.02. The topological polar surface area (TPSA) is 32.3 Å². The van der Waals surface area contributed by atoms with Gasteiger partial charge in [0.25, 0.3) is 0 Å². The molecule has 13 heavy (non-hydrogen) atoms. The fraction of sp³-hybridized carbons (Fsp3) is 0.273. The van der Waals surface area contributed by atoms with Gasteiger partial charge in [0.15, 0.2) is 0 Å². The zero-order valence-corrected chi connectivity index (χ0v) is 7.67. The van der Waals surface area contributed by atoms with Crippen LogP contribution in [0.15, 0.2) is 24.3 Å². The van der Waals surface area contributed by atoms with Crippen LogP contribution >= 0.6 is 0 Å². The average Bonchev–Trinajstić information content (AvgIpc) is 2.17. The van der Waals surface area contributed by atoms with E-state index < -0.39 is 0 Å². The van der Waals surface area contributed by atoms with Crippen LogP contribution in [0.3, 0.4) is 0 Å². The smallest absolute Gasteiger partial charge is 0.104 e. The van der Waals surface area contributed by atoms with Gasteiger partial charge in [-0.3, -0.25) is 0 Å². The molecular formula is C11H13NO. The molecule has 0 heterocycles. The van der Waals surface area contributed by atoms with Gasteiger partial charge >= 0.3 is 0 Å². The molecule has 0 saturated heterocycles. The molecule has 0 aromatic heterocycles. The molecule has 1 rings (SSSR count). The first kappa shape index (κ1) is 9.79. The number of aliphatic hydroxyl groups is 1. The monoisotopic (exact) mass is 175 g/mol. The summed E-state index contributed by atoms with van der Waals surface area (Å²) in [5.74, 6) is 5.55. The van der Waals surface area contributed by atoms with E-state index in [-0.39, 0.29) is 6.61 Å². The maximum absolute atomic E-state index is 8.56. The largest absolute Gasteiger partial charge is 0.384 e. The molecule has 0 unspecified atom stereocenters. The zero-order chi connectivity index (χ0) is 9.52. The van der Waals surface area contributed by atoms with Crippen LogP contribution in [0.1, 0.15) is 11.1 Å². The number of benzene rings is 1. The lowest BCUT2D eigenvalue weighted by Crippen LogP contribution is -2.06. The summed E-state index contributed by atoms with van der Waals surface area (Å²) in [5.41, 5.74) is 2.14. The highest BCUT2D eigenvalue weighted by Gasteiger charge is 1.95. The highest BCUT2D eigenvalue weighted by molar-refractivity contribution is 5.41. The first-order valence-electron chi connectivity index (χ1n) is 4.20. The van der Waals surface area contributed by atoms with E-state index in [9.17, 15) is 0 Å². The first-order chi connectivity index (χ1) is 6.38. The van der Waals surface area contributed by atoms with E-state index in [0.717, 1.165) is 17.7 Å². The minimum atomic E-state index is -0.0894. The molecule has 0 aliphatic carbocycles. The molecule has 1 aromatic rings. The van der Waals surface area contributed by atoms with Crippen molar-refractivity contribution in [3.63, 3.8) is 0 Å². The Morgan fingerprint density at radius 2 is 2.15 bits per heavy atom. The van der Waals surface area contributed by atoms with Crippen molar-refractivity contribution >= 4 is 0 Å². The number of hydrogen-bond acceptors (Lipinski definition) is 2. The Hall–Kier alpha value is -1.30. The molecule has 0 radical (unpaired) electrons. The van der Waals surface area contributed by atoms with Gasteiger partial charge in [0, 0.05) is 12.1 Å². The number of hydrogen-bond donors (Lipinski definition) is 2. The Bertz CT molecular complexity index is 322. The second-order valence-electron chi connectivity index (χ2n) is 2.65. The van der Waals surface area contributed by atoms with Crippen LogP contribution < -0.4 is 5.32 Å². The number of aliphatic hydroxyl groups excluding tert-OH is 1. The standard InChI is InChI=1S/C11H13NO/c1-12-9-11-6-3-2-5-10(11)7-4-8-13/h2-3,5-6,12-13H,8-9H2,1H3. The fourth-order valence-corrected chi connectivity index (χ4v) is 1.12. The lowest BCUT2D eigenvalue weighted by atomic mass is 10.1. The molecule has 2 heteroatoms. The van der Waals surface area contributed by atoms with Crippen molar-refractivity contribution in [2.75, 3.05) is 13.7 Å². The van der Waals surface area contributed by atoms with Crippen LogP contribution in [-0.2, 0) is 6.54 Å². The maximum atomic E-state index is 8.56. The summed E-state index contributed by atoms with van der Waals surface area (Å²) in [7, 11) is 1.90. The SMILES string of the molecule is CNCc1ccccc1C#CCO. The van der Waals surface area contributed by atoms with Crippen molar-refractivity contribution in [2.24, 2.45) is 0 Å². The van der Waals surface area contributed by atoms with Crippen molar-refractivity contribution in [3.8, 4) is 11.8 Å². The molecule has 68 valence electrons. The molecule has 0 saturated carbocycles. The third kappa shape index (κ3) is 2.90. The maximum Gasteiger partial charge on any atom is 0.104 e. The van der Waals surface area contributed by atoms with E-state index in [4.69, 9.17) is 5.11 Å². The second kappa shape index (κ2) is 5.36. The summed E-state index contributed by atoms with van der Waals surface area (Å²) in [5, 5.41) is 11.6. The van der Waals surface area contributed by atoms with E-state index in [1.54, 1.807) is 0 Å². The average molecular weight is 175 g/mol. The molecule has 0 aliphatic heterocycles. The van der Waals surface area contributed by atoms with Crippen LogP contribution in [0.4, 0.5) is 0 Å². The third-order valence-electron chi connectivity index (χ3n) is 1.69. The predicted octanol–water partition coefficient (Wildman–Crippen LogP) is 0.750. The van der Waals surface area contributed by atoms with Gasteiger partial charge in [0.1, 0.15) is 6.61 Å². The highest BCUT2D eigenvalue weighted by Crippen LogP contribution is 2.06. The van der Waals surface area contributed by atoms with Crippen molar-refractivity contribution in [1.29, 1.82) is 0 Å². The Morgan fingerprint density at radius 1 is 1.38 bits per heavy atom. The molecule has 2 nitrogen and oxygen atoms in total. The molecule has 2 N–H and O–H groups in total. The van der Waals surface area contributed by atoms with Gasteiger partial charge in [-0.2, -0.15) is 0 Å². The van der Waals surface area contributed by atoms with E-state index in [1.807, 2.05) is 31.3 Å². The van der Waals surface area contributed by atoms with Crippen LogP contribution in [0.5, 0.6) is 0 Å². The Morgan fingerprint density at radius 3 is 2.85 bits per heavy atom. The van der Waals surface area contributed by atoms with Crippen LogP contribution in [0.2, 0.25) is 0 Å². The summed E-state index contributed by atoms with van der Waals surface area (Å²) >= 11 is 0. The first-order valence-corrected chi connectivity index (χ1v) is 4.20. The summed E-state index contributed by atoms with van der Waals surface area (Å²) in [4.78, 5) is 0. The lowest BCUT2D eigenvalue weighted by molar-refractivity contribution is 0.350. The molecule has 0 aliphatic rings. The van der Waals surface area contributed by atoms with Crippen LogP contribution in [-0.4, -0.2) is 18.8 Å². The van der Waals surface area contributed by atoms with E-state index in [2.05, 4.69) is 17.2 Å². The molecule has 0 amide bonds. The molecular weight excluding hydrogens is 162 g/mol. The van der Waals surface area contributed by atoms with E-state index in [0.29, 0.717) is 0 Å². The zero-order valence-electron chi connectivity index (χ0n) is 7.67. The van der Waals surface area contributed by atoms with Gasteiger partial charge in [0.05, 0.1) is 0 Å². The van der Waals surface area contributed by atoms with Crippen molar-refractivity contribution in [3.05, 3.63) is 35.4 Å². The van der Waals surface area contributed by atoms with Crippen LogP contribution in [0, 0.1) is 11.8 Å². The quantitative estimate of drug-likeness (QED) is 0.650. The van der Waals surface area contributed by atoms with Crippen molar-refractivity contribution < 1.29 is 5.11 Å². The minimum absolute atomic E-state index is 0.0894. The fourth-order valence-electron chi connectivity index (χ4n) is 1.12. The van der Waals surface area contributed by atoms with Gasteiger partial charge in [-0.05, 0) is 18.7 Å². The Kier molecular flexibility index (Phi) is 4.04. The van der Waals surface area contributed by atoms with Gasteiger partial charge in [-0.1, -0.05) is 30.0 Å². The summed E-state index contributed by atoms with van der Waals surface area (Å²) in [6.07, 6.45) is 0. The molecule has 0 spiro atoms. The summed E-state index contributed by atoms with van der Waals surface area (Å²) in [6.45, 7) is 0.712. The van der Waals surface area contributed by atoms with Gasteiger partial charge in [-0.15, -0.1) is 0 Å². The molecule has 0 fully saturated rings. The number of rotatable bonds is 2. The van der Waals surface area contributed by atoms with Gasteiger partial charge in [-0.25, -0.2) is 0 Å². The third-order valence-corrected chi connectivity index (χ3v) is 1.69. The molecule has 0 atom stereocenters. The van der Waals surface area contributed by atoms with Crippen molar-refractivity contribution in [1.82, 2.24) is 5.32 Å². The molecule has 0 bridgehead atoms. The highest BCUT2D eigenvalue weighted by atomic mass is 16.2. The Labute approximate surface area is 78.6 Å². The minimum Gasteiger partial charge on any atom is -0.384 e. The second-order valence-corrected chi connectivity index (χ2v) is 2.65. The van der Waals surface area contributed by atoms with E-state index >= 15 is 0 Å². The number of nitrogens with one attached hydrogen (secondary N) is 1. The predicted molar refractivity (Wildman–Crippen MR) is 53.2 cm³/mol. The van der Waals surface area contributed by atoms with Gasteiger partial charge < -0.3 is 10.4 Å². The Balaban J connectivity index is 2.90. The molecule has 1 aromatic carbocycles. The van der Waals surface area contributed by atoms with Crippen LogP contribution in [0.25, 0.3) is 0 Å². The normalized spacial score (nSPS) is 9.08. The van der Waals surface area contributed by atoms with Crippen molar-refractivity contribution in [2.45, 2.75) is 6.54 Å². The van der Waals surface area contributed by atoms with E-state index in [1.165, 1.54) is 0 Å². The summed E-state index contributed by atoms with van der Waals surface area (Å²) in [6, 6.07) is 7.91. The van der Waals surface area contributed by atoms with Gasteiger partial charge in [0.2, 0.25) is 0 Å².